The average molecular weight is 242 g/mol. The van der Waals surface area contributed by atoms with Crippen molar-refractivity contribution in [3.63, 3.8) is 0 Å². The quantitative estimate of drug-likeness (QED) is 0.761. The molecule has 2 rings (SSSR count). The van der Waals surface area contributed by atoms with Gasteiger partial charge in [-0.05, 0) is 19.3 Å². The Hall–Kier alpha value is -0.650. The second-order valence-corrected chi connectivity index (χ2v) is 5.24. The Morgan fingerprint density at radius 2 is 1.82 bits per heavy atom. The summed E-state index contributed by atoms with van der Waals surface area (Å²) in [5.74, 6) is 0.133. The van der Waals surface area contributed by atoms with Crippen molar-refractivity contribution in [2.24, 2.45) is 5.73 Å². The highest BCUT2D eigenvalue weighted by Gasteiger charge is 2.40. The maximum atomic E-state index is 12.1. The molecule has 2 unspecified atom stereocenters. The molecule has 0 aromatic carbocycles. The van der Waals surface area contributed by atoms with E-state index >= 15 is 0 Å². The molecule has 98 valence electrons. The summed E-state index contributed by atoms with van der Waals surface area (Å²) < 4.78 is 10.6. The Kier molecular flexibility index (Phi) is 3.70. The van der Waals surface area contributed by atoms with Crippen LogP contribution >= 0.6 is 0 Å². The number of likely N-dealkylation sites (tertiary alicyclic amines) is 1. The van der Waals surface area contributed by atoms with Crippen LogP contribution in [0.15, 0.2) is 0 Å². The molecule has 1 saturated heterocycles. The van der Waals surface area contributed by atoms with Crippen molar-refractivity contribution in [3.8, 4) is 0 Å². The van der Waals surface area contributed by atoms with Crippen molar-refractivity contribution >= 4 is 5.91 Å². The molecule has 2 fully saturated rings. The van der Waals surface area contributed by atoms with E-state index in [1.807, 2.05) is 4.90 Å². The monoisotopic (exact) mass is 242 g/mol. The molecule has 1 amide bonds. The predicted molar refractivity (Wildman–Crippen MR) is 63.6 cm³/mol. The first-order valence-corrected chi connectivity index (χ1v) is 6.20. The Morgan fingerprint density at radius 1 is 1.29 bits per heavy atom. The minimum absolute atomic E-state index is 0.0148. The van der Waals surface area contributed by atoms with Gasteiger partial charge in [-0.25, -0.2) is 0 Å². The number of carbonyl (C=O) groups excluding carboxylic acids is 1. The van der Waals surface area contributed by atoms with Gasteiger partial charge >= 0.3 is 0 Å². The molecule has 0 radical (unpaired) electrons. The Bertz CT molecular complexity index is 279. The van der Waals surface area contributed by atoms with Gasteiger partial charge in [-0.15, -0.1) is 0 Å². The summed E-state index contributed by atoms with van der Waals surface area (Å²) in [5.41, 5.74) is 5.85. The van der Waals surface area contributed by atoms with E-state index in [1.54, 1.807) is 14.2 Å². The first-order chi connectivity index (χ1) is 8.08. The second kappa shape index (κ2) is 4.92. The largest absolute Gasteiger partial charge is 0.377 e. The van der Waals surface area contributed by atoms with Crippen LogP contribution in [0.4, 0.5) is 0 Å². The van der Waals surface area contributed by atoms with E-state index in [4.69, 9.17) is 15.2 Å². The number of nitrogens with two attached hydrogens (primary N) is 1. The van der Waals surface area contributed by atoms with Crippen molar-refractivity contribution in [1.82, 2.24) is 4.90 Å². The van der Waals surface area contributed by atoms with Gasteiger partial charge in [0.2, 0.25) is 5.91 Å². The molecular weight excluding hydrogens is 220 g/mol. The van der Waals surface area contributed by atoms with Crippen molar-refractivity contribution in [2.75, 3.05) is 27.3 Å². The molecule has 5 nitrogen and oxygen atoms in total. The maximum absolute atomic E-state index is 12.1. The molecule has 1 aliphatic heterocycles. The van der Waals surface area contributed by atoms with E-state index < -0.39 is 0 Å². The normalized spacial score (nSPS) is 31.4. The topological polar surface area (TPSA) is 64.8 Å². The molecule has 2 atom stereocenters. The Balaban J connectivity index is 1.88. The van der Waals surface area contributed by atoms with Gasteiger partial charge in [-0.2, -0.15) is 0 Å². The first-order valence-electron chi connectivity index (χ1n) is 6.20. The van der Waals surface area contributed by atoms with E-state index in [1.165, 1.54) is 0 Å². The van der Waals surface area contributed by atoms with Crippen LogP contribution in [0.5, 0.6) is 0 Å². The number of ether oxygens (including phenoxy) is 2. The molecular formula is C12H22N2O3. The average Bonchev–Trinajstić information content (AvgIpc) is 2.70. The molecule has 2 aliphatic rings. The predicted octanol–water partition coefficient (Wildman–Crippen LogP) is 0.130. The van der Waals surface area contributed by atoms with Crippen LogP contribution in [0, 0.1) is 0 Å². The third kappa shape index (κ3) is 2.61. The van der Waals surface area contributed by atoms with Gasteiger partial charge in [0.1, 0.15) is 12.2 Å². The lowest BCUT2D eigenvalue weighted by Crippen LogP contribution is -2.50. The fourth-order valence-corrected chi connectivity index (χ4v) is 2.62. The van der Waals surface area contributed by atoms with Gasteiger partial charge in [0, 0.05) is 39.3 Å². The summed E-state index contributed by atoms with van der Waals surface area (Å²) in [4.78, 5) is 13.9. The van der Waals surface area contributed by atoms with Crippen LogP contribution in [0.2, 0.25) is 0 Å². The van der Waals surface area contributed by atoms with E-state index in [0.29, 0.717) is 19.5 Å². The minimum atomic E-state index is -0.245. The summed E-state index contributed by atoms with van der Waals surface area (Å²) >= 11 is 0. The highest BCUT2D eigenvalue weighted by atomic mass is 16.5. The minimum Gasteiger partial charge on any atom is -0.377 e. The van der Waals surface area contributed by atoms with Gasteiger partial charge in [0.15, 0.2) is 0 Å². The van der Waals surface area contributed by atoms with Gasteiger partial charge in [0.05, 0.1) is 0 Å². The highest BCUT2D eigenvalue weighted by molar-refractivity contribution is 5.78. The third-order valence-electron chi connectivity index (χ3n) is 4.03. The molecule has 0 spiro atoms. The molecule has 5 heteroatoms. The lowest BCUT2D eigenvalue weighted by Gasteiger charge is -2.38. The SMILES string of the molecule is COC1CN(C(=O)CC2(N)CCC2)CC1OC. The van der Waals surface area contributed by atoms with Gasteiger partial charge in [-0.1, -0.05) is 0 Å². The first kappa shape index (κ1) is 12.8. The highest BCUT2D eigenvalue weighted by Crippen LogP contribution is 2.33. The van der Waals surface area contributed by atoms with Crippen LogP contribution in [0.1, 0.15) is 25.7 Å². The van der Waals surface area contributed by atoms with E-state index in [9.17, 15) is 4.79 Å². The van der Waals surface area contributed by atoms with Gasteiger partial charge < -0.3 is 20.1 Å². The molecule has 17 heavy (non-hydrogen) atoms. The summed E-state index contributed by atoms with van der Waals surface area (Å²) in [6, 6.07) is 0. The zero-order valence-corrected chi connectivity index (χ0v) is 10.6. The van der Waals surface area contributed by atoms with Crippen LogP contribution < -0.4 is 5.73 Å². The summed E-state index contributed by atoms with van der Waals surface area (Å²) in [6.45, 7) is 1.23. The Morgan fingerprint density at radius 3 is 2.18 bits per heavy atom. The maximum Gasteiger partial charge on any atom is 0.224 e. The fraction of sp³-hybridized carbons (Fsp3) is 0.917. The van der Waals surface area contributed by atoms with Crippen molar-refractivity contribution in [1.29, 1.82) is 0 Å². The third-order valence-corrected chi connectivity index (χ3v) is 4.03. The lowest BCUT2D eigenvalue weighted by atomic mass is 9.75. The number of hydrogen-bond acceptors (Lipinski definition) is 4. The van der Waals surface area contributed by atoms with E-state index in [-0.39, 0.29) is 23.7 Å². The van der Waals surface area contributed by atoms with E-state index in [2.05, 4.69) is 0 Å². The summed E-state index contributed by atoms with van der Waals surface area (Å²) in [6.07, 6.45) is 3.51. The second-order valence-electron chi connectivity index (χ2n) is 5.24. The molecule has 0 aromatic rings. The van der Waals surface area contributed by atoms with Crippen molar-refractivity contribution < 1.29 is 14.3 Å². The number of methoxy groups -OCH3 is 2. The number of amides is 1. The molecule has 2 N–H and O–H groups in total. The van der Waals surface area contributed by atoms with Crippen LogP contribution in [-0.2, 0) is 14.3 Å². The molecule has 0 aromatic heterocycles. The van der Waals surface area contributed by atoms with Crippen LogP contribution in [0.25, 0.3) is 0 Å². The zero-order valence-electron chi connectivity index (χ0n) is 10.6. The van der Waals surface area contributed by atoms with Crippen LogP contribution in [0.3, 0.4) is 0 Å². The molecule has 0 bridgehead atoms. The summed E-state index contributed by atoms with van der Waals surface area (Å²) in [5, 5.41) is 0. The lowest BCUT2D eigenvalue weighted by molar-refractivity contribution is -0.132. The van der Waals surface area contributed by atoms with Gasteiger partial charge in [0.25, 0.3) is 0 Å². The molecule has 1 heterocycles. The van der Waals surface area contributed by atoms with Gasteiger partial charge in [-0.3, -0.25) is 4.79 Å². The standard InChI is InChI=1S/C12H22N2O3/c1-16-9-7-14(8-10(9)17-2)11(15)6-12(13)4-3-5-12/h9-10H,3-8,13H2,1-2H3. The number of rotatable bonds is 4. The van der Waals surface area contributed by atoms with E-state index in [0.717, 1.165) is 19.3 Å². The fourth-order valence-electron chi connectivity index (χ4n) is 2.62. The Labute approximate surface area is 102 Å². The number of carbonyl (C=O) groups is 1. The summed E-state index contributed by atoms with van der Waals surface area (Å²) in [7, 11) is 3.31. The van der Waals surface area contributed by atoms with Crippen molar-refractivity contribution in [2.45, 2.75) is 43.4 Å². The molecule has 1 aliphatic carbocycles. The number of hydrogen-bond donors (Lipinski definition) is 1. The zero-order chi connectivity index (χ0) is 12.5. The smallest absolute Gasteiger partial charge is 0.224 e. The number of nitrogens with zero attached hydrogens (tertiary/aromatic N) is 1. The van der Waals surface area contributed by atoms with Crippen LogP contribution in [-0.4, -0.2) is 55.9 Å². The van der Waals surface area contributed by atoms with Crippen molar-refractivity contribution in [3.05, 3.63) is 0 Å². The molecule has 1 saturated carbocycles.